The minimum Gasteiger partial charge on any atom is -0.440 e. The predicted molar refractivity (Wildman–Crippen MR) is 229 cm³/mol. The topological polar surface area (TPSA) is 304 Å². The number of hydrogen-bond acceptors (Lipinski definition) is 16. The molecule has 0 spiro atoms. The van der Waals surface area contributed by atoms with E-state index in [0.717, 1.165) is 50.4 Å². The largest absolute Gasteiger partial charge is 0.474 e. The van der Waals surface area contributed by atoms with Gasteiger partial charge in [-0.15, -0.1) is 0 Å². The molecule has 0 aliphatic carbocycles. The van der Waals surface area contributed by atoms with Crippen LogP contribution in [0.25, 0.3) is 0 Å². The fraction of sp³-hybridized carbons (Fsp3) is 0.952. The van der Waals surface area contributed by atoms with Crippen LogP contribution in [0.2, 0.25) is 0 Å². The highest BCUT2D eigenvalue weighted by atomic mass is 31.2. The van der Waals surface area contributed by atoms with Crippen molar-refractivity contribution in [3.05, 3.63) is 0 Å². The van der Waals surface area contributed by atoms with E-state index in [0.29, 0.717) is 12.3 Å². The molecule has 2 amide bonds. The Hall–Kier alpha value is -1.55. The fourth-order valence-electron chi connectivity index (χ4n) is 7.93. The van der Waals surface area contributed by atoms with E-state index in [1.54, 1.807) is 0 Å². The molecule has 2 fully saturated rings. The molecule has 0 saturated carbocycles. The average molecular weight is 916 g/mol. The number of phosphoric acid groups is 1. The zero-order valence-corrected chi connectivity index (χ0v) is 39.5. The van der Waals surface area contributed by atoms with Crippen molar-refractivity contribution in [2.24, 2.45) is 46.3 Å². The molecule has 15 atom stereocenters. The molecule has 0 bridgehead atoms. The van der Waals surface area contributed by atoms with Gasteiger partial charge in [0.15, 0.2) is 30.9 Å². The Morgan fingerprint density at radius 1 is 0.839 bits per heavy atom. The molecule has 19 nitrogen and oxygen atoms in total. The number of ether oxygens (including phenoxy) is 5. The molecule has 20 heteroatoms. The summed E-state index contributed by atoms with van der Waals surface area (Å²) in [6, 6.07) is -1.45. The Kier molecular flexibility index (Phi) is 24.2. The van der Waals surface area contributed by atoms with Crippen LogP contribution < -0.4 is 17.2 Å². The van der Waals surface area contributed by atoms with Crippen molar-refractivity contribution in [2.45, 2.75) is 206 Å². The van der Waals surface area contributed by atoms with Gasteiger partial charge in [-0.1, -0.05) is 106 Å². The maximum absolute atomic E-state index is 13.4. The first kappa shape index (κ1) is 56.6. The zero-order chi connectivity index (χ0) is 47.0. The van der Waals surface area contributed by atoms with Crippen molar-refractivity contribution < 1.29 is 77.2 Å². The summed E-state index contributed by atoms with van der Waals surface area (Å²) in [4.78, 5) is 39.4. The number of phosphoric ester groups is 1. The Labute approximate surface area is 368 Å². The summed E-state index contributed by atoms with van der Waals surface area (Å²) in [6.45, 7) is 17.8. The molecule has 0 aromatic carbocycles. The SMILES string of the molecule is CC(C)CCCC(C)CCC(C)CCC(C)(C)CCCCC(C)CCOC(COO)COP(=O)(O)OC1OC(C(N)=O)C(C)(O)C(OC(N)=O)C1OC1OC(C)C(O)C(O)C1N. The van der Waals surface area contributed by atoms with Crippen molar-refractivity contribution in [3.63, 3.8) is 0 Å². The lowest BCUT2D eigenvalue weighted by atomic mass is 9.79. The minimum atomic E-state index is -5.24. The third kappa shape index (κ3) is 19.5. The highest BCUT2D eigenvalue weighted by molar-refractivity contribution is 7.47. The van der Waals surface area contributed by atoms with Gasteiger partial charge in [0.1, 0.15) is 30.5 Å². The Morgan fingerprint density at radius 2 is 1.45 bits per heavy atom. The van der Waals surface area contributed by atoms with Crippen molar-refractivity contribution in [3.8, 4) is 0 Å². The van der Waals surface area contributed by atoms with E-state index in [4.69, 9.17) is 49.9 Å². The standard InChI is InChI=1S/C42H82N3O16P/c1-25(2)13-12-15-26(3)16-17-28(5)18-21-41(7,8)20-11-10-14-27(4)19-22-54-30(23-55-51)24-56-62(52,53)61-39-34(58-38-31(43)33(47)32(46)29(6)57-38)35(60-40(45)49)42(9,50)36(59-39)37(44)48/h25-36,38-39,46-47,50-51H,10-24,43H2,1-9H3,(H2,44,48)(H2,45,49)(H,52,53). The Bertz CT molecular complexity index is 1360. The molecule has 2 rings (SSSR count). The summed E-state index contributed by atoms with van der Waals surface area (Å²) in [5.41, 5.74) is 14.5. The fourth-order valence-corrected chi connectivity index (χ4v) is 8.77. The summed E-state index contributed by atoms with van der Waals surface area (Å²) < 4.78 is 51.6. The van der Waals surface area contributed by atoms with E-state index in [9.17, 15) is 39.6 Å². The number of amides is 2. The van der Waals surface area contributed by atoms with Crippen molar-refractivity contribution >= 4 is 19.8 Å². The van der Waals surface area contributed by atoms with E-state index >= 15 is 0 Å². The van der Waals surface area contributed by atoms with Crippen LogP contribution in [0, 0.1) is 29.1 Å². The van der Waals surface area contributed by atoms with Crippen LogP contribution in [0.3, 0.4) is 0 Å². The zero-order valence-electron chi connectivity index (χ0n) is 38.6. The number of unbranched alkanes of at least 4 members (excludes halogenated alkanes) is 1. The third-order valence-electron chi connectivity index (χ3n) is 12.3. The molecule has 2 saturated heterocycles. The number of primary amides is 2. The van der Waals surface area contributed by atoms with Gasteiger partial charge in [0.2, 0.25) is 5.91 Å². The van der Waals surface area contributed by atoms with E-state index < -0.39 is 100.0 Å². The van der Waals surface area contributed by atoms with Gasteiger partial charge in [0.05, 0.1) is 18.8 Å². The molecule has 2 aliphatic heterocycles. The highest BCUT2D eigenvalue weighted by Crippen LogP contribution is 2.48. The first-order valence-corrected chi connectivity index (χ1v) is 23.9. The van der Waals surface area contributed by atoms with Gasteiger partial charge in [0, 0.05) is 6.61 Å². The summed E-state index contributed by atoms with van der Waals surface area (Å²) in [5, 5.41) is 41.2. The van der Waals surface area contributed by atoms with Crippen LogP contribution in [0.1, 0.15) is 139 Å². The van der Waals surface area contributed by atoms with Crippen LogP contribution in [0.4, 0.5) is 4.79 Å². The van der Waals surface area contributed by atoms with Crippen LogP contribution in [-0.4, -0.2) is 124 Å². The Balaban J connectivity index is 1.92. The molecular weight excluding hydrogens is 833 g/mol. The molecule has 366 valence electrons. The van der Waals surface area contributed by atoms with Gasteiger partial charge in [-0.05, 0) is 62.2 Å². The number of carbonyl (C=O) groups excluding carboxylic acids is 2. The summed E-state index contributed by atoms with van der Waals surface area (Å²) in [7, 11) is -5.24. The molecule has 2 heterocycles. The highest BCUT2D eigenvalue weighted by Gasteiger charge is 2.60. The molecule has 11 N–H and O–H groups in total. The number of carbonyl (C=O) groups is 2. The molecule has 0 aromatic heterocycles. The van der Waals surface area contributed by atoms with E-state index in [1.807, 2.05) is 0 Å². The molecule has 15 unspecified atom stereocenters. The number of rotatable bonds is 30. The third-order valence-corrected chi connectivity index (χ3v) is 13.2. The maximum Gasteiger partial charge on any atom is 0.474 e. The first-order valence-electron chi connectivity index (χ1n) is 22.4. The van der Waals surface area contributed by atoms with Gasteiger partial charge in [-0.25, -0.2) is 14.2 Å². The van der Waals surface area contributed by atoms with Gasteiger partial charge in [0.25, 0.3) is 0 Å². The lowest BCUT2D eigenvalue weighted by molar-refractivity contribution is -0.348. The summed E-state index contributed by atoms with van der Waals surface area (Å²) in [5.74, 6) is 1.32. The predicted octanol–water partition coefficient (Wildman–Crippen LogP) is 4.87. The van der Waals surface area contributed by atoms with Gasteiger partial charge >= 0.3 is 13.9 Å². The first-order chi connectivity index (χ1) is 28.8. The van der Waals surface area contributed by atoms with Crippen LogP contribution in [0.5, 0.6) is 0 Å². The monoisotopic (exact) mass is 916 g/mol. The van der Waals surface area contributed by atoms with Crippen LogP contribution >= 0.6 is 7.82 Å². The van der Waals surface area contributed by atoms with Crippen molar-refractivity contribution in [1.29, 1.82) is 0 Å². The second kappa shape index (κ2) is 26.6. The molecule has 2 aliphatic rings. The van der Waals surface area contributed by atoms with E-state index in [-0.39, 0.29) is 12.0 Å². The van der Waals surface area contributed by atoms with Crippen molar-refractivity contribution in [2.75, 3.05) is 19.8 Å². The number of aliphatic hydroxyl groups is 3. The quantitative estimate of drug-likeness (QED) is 0.0206. The average Bonchev–Trinajstić information content (AvgIpc) is 3.17. The summed E-state index contributed by atoms with van der Waals surface area (Å²) >= 11 is 0. The normalized spacial score (nSPS) is 31.3. The number of hydrogen-bond donors (Lipinski definition) is 8. The molecular formula is C42H82N3O16P. The van der Waals surface area contributed by atoms with Crippen LogP contribution in [0.15, 0.2) is 0 Å². The number of aliphatic hydroxyl groups excluding tert-OH is 2. The van der Waals surface area contributed by atoms with Gasteiger partial charge in [-0.3, -0.25) is 19.1 Å². The summed E-state index contributed by atoms with van der Waals surface area (Å²) in [6.07, 6.45) is -2.31. The second-order valence-corrected chi connectivity index (χ2v) is 20.8. The lowest BCUT2D eigenvalue weighted by Crippen LogP contribution is -2.71. The molecule has 0 radical (unpaired) electrons. The van der Waals surface area contributed by atoms with E-state index in [2.05, 4.69) is 53.4 Å². The lowest BCUT2D eigenvalue weighted by Gasteiger charge is -2.49. The van der Waals surface area contributed by atoms with Crippen LogP contribution in [-0.2, 0) is 47.0 Å². The molecule has 0 aromatic rings. The smallest absolute Gasteiger partial charge is 0.440 e. The number of nitrogens with two attached hydrogens (primary N) is 3. The van der Waals surface area contributed by atoms with Crippen molar-refractivity contribution in [1.82, 2.24) is 0 Å². The minimum absolute atomic E-state index is 0.221. The van der Waals surface area contributed by atoms with Gasteiger partial charge < -0.3 is 61.1 Å². The molecule has 62 heavy (non-hydrogen) atoms. The maximum atomic E-state index is 13.4. The van der Waals surface area contributed by atoms with E-state index in [1.165, 1.54) is 51.9 Å². The Morgan fingerprint density at radius 3 is 2.05 bits per heavy atom. The van der Waals surface area contributed by atoms with Gasteiger partial charge in [-0.2, -0.15) is 0 Å². The second-order valence-electron chi connectivity index (χ2n) is 19.4.